The number of thiophene rings is 1. The number of carbonyl (C=O) groups is 1. The van der Waals surface area contributed by atoms with Gasteiger partial charge in [0.2, 0.25) is 0 Å². The summed E-state index contributed by atoms with van der Waals surface area (Å²) in [4.78, 5) is 22.9. The number of aryl methyl sites for hydroxylation is 2. The standard InChI is InChI=1S/C18H19N3O3S/c1-10-11(2)25-17-15(10)16(19)20-14(21-17)9-24-18(22)13-6-4-5-12(7-13)8-23-3/h4-7H,8-9H2,1-3H3,(H2,19,20,21). The van der Waals surface area contributed by atoms with Gasteiger partial charge in [0.25, 0.3) is 0 Å². The number of carbonyl (C=O) groups excluding carboxylic acids is 1. The summed E-state index contributed by atoms with van der Waals surface area (Å²) in [7, 11) is 1.61. The summed E-state index contributed by atoms with van der Waals surface area (Å²) in [6.07, 6.45) is 0. The van der Waals surface area contributed by atoms with Crippen LogP contribution in [-0.4, -0.2) is 23.0 Å². The monoisotopic (exact) mass is 357 g/mol. The average Bonchev–Trinajstić information content (AvgIpc) is 2.88. The number of nitrogens with zero attached hydrogens (tertiary/aromatic N) is 2. The van der Waals surface area contributed by atoms with Crippen LogP contribution in [0, 0.1) is 13.8 Å². The second-order valence-corrected chi connectivity index (χ2v) is 6.90. The number of fused-ring (bicyclic) bond motifs is 1. The molecule has 2 aromatic heterocycles. The largest absolute Gasteiger partial charge is 0.454 e. The number of nitrogens with two attached hydrogens (primary N) is 1. The highest BCUT2D eigenvalue weighted by Crippen LogP contribution is 2.31. The third-order valence-electron chi connectivity index (χ3n) is 3.91. The Kier molecular flexibility index (Phi) is 4.96. The molecule has 0 atom stereocenters. The summed E-state index contributed by atoms with van der Waals surface area (Å²) in [6.45, 7) is 4.44. The summed E-state index contributed by atoms with van der Waals surface area (Å²) in [5, 5.41) is 0.879. The summed E-state index contributed by atoms with van der Waals surface area (Å²) >= 11 is 1.56. The maximum atomic E-state index is 12.2. The normalized spacial score (nSPS) is 11.0. The van der Waals surface area contributed by atoms with Gasteiger partial charge in [-0.2, -0.15) is 0 Å². The molecule has 0 spiro atoms. The van der Waals surface area contributed by atoms with Gasteiger partial charge in [0.15, 0.2) is 12.4 Å². The molecule has 0 aliphatic heterocycles. The summed E-state index contributed by atoms with van der Waals surface area (Å²) in [6, 6.07) is 7.13. The predicted molar refractivity (Wildman–Crippen MR) is 97.6 cm³/mol. The molecule has 0 aliphatic rings. The zero-order chi connectivity index (χ0) is 18.0. The first-order valence-corrected chi connectivity index (χ1v) is 8.58. The van der Waals surface area contributed by atoms with Crippen LogP contribution in [0.2, 0.25) is 0 Å². The van der Waals surface area contributed by atoms with E-state index < -0.39 is 5.97 Å². The molecule has 0 amide bonds. The highest BCUT2D eigenvalue weighted by atomic mass is 32.1. The SMILES string of the molecule is COCc1cccc(C(=O)OCc2nc(N)c3c(C)c(C)sc3n2)c1. The molecule has 3 aromatic rings. The van der Waals surface area contributed by atoms with Gasteiger partial charge in [-0.1, -0.05) is 12.1 Å². The quantitative estimate of drug-likeness (QED) is 0.704. The van der Waals surface area contributed by atoms with E-state index in [0.29, 0.717) is 23.8 Å². The van der Waals surface area contributed by atoms with Crippen LogP contribution >= 0.6 is 11.3 Å². The lowest BCUT2D eigenvalue weighted by atomic mass is 10.1. The fourth-order valence-electron chi connectivity index (χ4n) is 2.56. The van der Waals surface area contributed by atoms with E-state index in [4.69, 9.17) is 15.2 Å². The maximum Gasteiger partial charge on any atom is 0.338 e. The lowest BCUT2D eigenvalue weighted by Crippen LogP contribution is -2.09. The van der Waals surface area contributed by atoms with Crippen LogP contribution in [0.15, 0.2) is 24.3 Å². The molecule has 0 fully saturated rings. The van der Waals surface area contributed by atoms with E-state index >= 15 is 0 Å². The number of ether oxygens (including phenoxy) is 2. The molecule has 25 heavy (non-hydrogen) atoms. The first kappa shape index (κ1) is 17.3. The maximum absolute atomic E-state index is 12.2. The van der Waals surface area contributed by atoms with Gasteiger partial charge < -0.3 is 15.2 Å². The van der Waals surface area contributed by atoms with Crippen LogP contribution in [0.3, 0.4) is 0 Å². The molecule has 6 nitrogen and oxygen atoms in total. The summed E-state index contributed by atoms with van der Waals surface area (Å²) in [5.41, 5.74) is 8.51. The lowest BCUT2D eigenvalue weighted by molar-refractivity contribution is 0.0462. The van der Waals surface area contributed by atoms with Crippen molar-refractivity contribution < 1.29 is 14.3 Å². The number of anilines is 1. The fraction of sp³-hybridized carbons (Fsp3) is 0.278. The Morgan fingerprint density at radius 2 is 2.04 bits per heavy atom. The van der Waals surface area contributed by atoms with Gasteiger partial charge >= 0.3 is 5.97 Å². The van der Waals surface area contributed by atoms with Gasteiger partial charge in [-0.15, -0.1) is 11.3 Å². The smallest absolute Gasteiger partial charge is 0.338 e. The van der Waals surface area contributed by atoms with E-state index in [1.54, 1.807) is 36.6 Å². The number of methoxy groups -OCH3 is 1. The Labute approximate surface area is 149 Å². The van der Waals surface area contributed by atoms with Crippen LogP contribution in [0.4, 0.5) is 5.82 Å². The zero-order valence-corrected chi connectivity index (χ0v) is 15.1. The first-order valence-electron chi connectivity index (χ1n) is 7.76. The van der Waals surface area contributed by atoms with Gasteiger partial charge in [0.1, 0.15) is 10.6 Å². The van der Waals surface area contributed by atoms with Crippen molar-refractivity contribution in [3.05, 3.63) is 51.7 Å². The number of esters is 1. The Morgan fingerprint density at radius 1 is 1.24 bits per heavy atom. The first-order chi connectivity index (χ1) is 12.0. The number of nitrogen functional groups attached to an aromatic ring is 1. The molecular weight excluding hydrogens is 338 g/mol. The van der Waals surface area contributed by atoms with Gasteiger partial charge in [-0.25, -0.2) is 14.8 Å². The third kappa shape index (κ3) is 3.62. The highest BCUT2D eigenvalue weighted by molar-refractivity contribution is 7.18. The van der Waals surface area contributed by atoms with E-state index in [1.165, 1.54) is 0 Å². The van der Waals surface area contributed by atoms with E-state index in [0.717, 1.165) is 26.2 Å². The minimum atomic E-state index is -0.432. The van der Waals surface area contributed by atoms with Crippen LogP contribution in [0.25, 0.3) is 10.2 Å². The molecule has 0 saturated carbocycles. The molecule has 2 heterocycles. The van der Waals surface area contributed by atoms with Gasteiger partial charge in [-0.05, 0) is 37.1 Å². The topological polar surface area (TPSA) is 87.3 Å². The molecule has 7 heteroatoms. The number of aromatic nitrogens is 2. The van der Waals surface area contributed by atoms with Crippen LogP contribution in [0.1, 0.15) is 32.2 Å². The van der Waals surface area contributed by atoms with Crippen molar-refractivity contribution in [3.63, 3.8) is 0 Å². The van der Waals surface area contributed by atoms with Crippen molar-refractivity contribution >= 4 is 33.3 Å². The Bertz CT molecular complexity index is 937. The average molecular weight is 357 g/mol. The fourth-order valence-corrected chi connectivity index (χ4v) is 3.62. The highest BCUT2D eigenvalue weighted by Gasteiger charge is 2.14. The molecule has 3 rings (SSSR count). The van der Waals surface area contributed by atoms with Crippen molar-refractivity contribution in [1.29, 1.82) is 0 Å². The van der Waals surface area contributed by atoms with Crippen molar-refractivity contribution in [3.8, 4) is 0 Å². The van der Waals surface area contributed by atoms with Crippen LogP contribution in [-0.2, 0) is 22.7 Å². The van der Waals surface area contributed by atoms with Gasteiger partial charge in [0.05, 0.1) is 17.6 Å². The zero-order valence-electron chi connectivity index (χ0n) is 14.3. The Hall–Kier alpha value is -2.51. The second-order valence-electron chi connectivity index (χ2n) is 5.70. The second kappa shape index (κ2) is 7.16. The van der Waals surface area contributed by atoms with Crippen molar-refractivity contribution in [2.45, 2.75) is 27.1 Å². The molecule has 1 aromatic carbocycles. The molecule has 2 N–H and O–H groups in total. The Morgan fingerprint density at radius 3 is 2.80 bits per heavy atom. The predicted octanol–water partition coefficient (Wildman–Crippen LogP) is 3.39. The molecule has 0 aliphatic carbocycles. The molecule has 130 valence electrons. The summed E-state index contributed by atoms with van der Waals surface area (Å²) in [5.74, 6) is 0.381. The minimum absolute atomic E-state index is 0.0243. The molecule has 0 bridgehead atoms. The van der Waals surface area contributed by atoms with E-state index in [9.17, 15) is 4.79 Å². The molecule has 0 radical (unpaired) electrons. The van der Waals surface area contributed by atoms with Crippen molar-refractivity contribution in [2.24, 2.45) is 0 Å². The van der Waals surface area contributed by atoms with Crippen LogP contribution < -0.4 is 5.73 Å². The molecule has 0 saturated heterocycles. The number of hydrogen-bond acceptors (Lipinski definition) is 7. The van der Waals surface area contributed by atoms with Crippen molar-refractivity contribution in [1.82, 2.24) is 9.97 Å². The number of rotatable bonds is 5. The molecule has 0 unspecified atom stereocenters. The van der Waals surface area contributed by atoms with Gasteiger partial charge in [0, 0.05) is 12.0 Å². The minimum Gasteiger partial charge on any atom is -0.454 e. The van der Waals surface area contributed by atoms with E-state index in [2.05, 4.69) is 9.97 Å². The lowest BCUT2D eigenvalue weighted by Gasteiger charge is -2.07. The summed E-state index contributed by atoms with van der Waals surface area (Å²) < 4.78 is 10.4. The van der Waals surface area contributed by atoms with Crippen molar-refractivity contribution in [2.75, 3.05) is 12.8 Å². The van der Waals surface area contributed by atoms with E-state index in [1.807, 2.05) is 19.9 Å². The number of hydrogen-bond donors (Lipinski definition) is 1. The van der Waals surface area contributed by atoms with Crippen LogP contribution in [0.5, 0.6) is 0 Å². The van der Waals surface area contributed by atoms with E-state index in [-0.39, 0.29) is 6.61 Å². The Balaban J connectivity index is 1.76. The molecular formula is C18H19N3O3S. The third-order valence-corrected chi connectivity index (χ3v) is 5.01. The number of benzene rings is 1. The van der Waals surface area contributed by atoms with Gasteiger partial charge in [-0.3, -0.25) is 0 Å².